The molecule has 31 heteroatoms. The number of ether oxygens (including phenoxy) is 1. The number of carbonyl (C=O) groups excluding carboxylic acids is 4. The molecule has 55 heavy (non-hydrogen) atoms. The van der Waals surface area contributed by atoms with Crippen LogP contribution in [0.3, 0.4) is 0 Å². The van der Waals surface area contributed by atoms with E-state index in [0.29, 0.717) is 19.9 Å². The molecule has 1 N–H and O–H groups in total. The minimum atomic E-state index is -9.66. The van der Waals surface area contributed by atoms with E-state index >= 15 is 17.6 Å². The van der Waals surface area contributed by atoms with Gasteiger partial charge in [0.05, 0.1) is 22.5 Å². The molecule has 0 heterocycles. The van der Waals surface area contributed by atoms with Gasteiger partial charge in [0.25, 0.3) is 5.91 Å². The molecule has 0 unspecified atom stereocenters. The van der Waals surface area contributed by atoms with Crippen molar-refractivity contribution in [2.75, 3.05) is 6.73 Å². The summed E-state index contributed by atoms with van der Waals surface area (Å²) in [6.45, 7) is -0.499. The van der Waals surface area contributed by atoms with Crippen LogP contribution in [0.25, 0.3) is 0 Å². The lowest BCUT2D eigenvalue weighted by Crippen LogP contribution is -2.77. The fourth-order valence-corrected chi connectivity index (χ4v) is 3.86. The number of nitrogens with one attached hydrogen (secondary N) is 1. The fraction of sp³-hybridized carbons (Fsp3) is 0.583. The Balaban J connectivity index is 4.31. The van der Waals surface area contributed by atoms with E-state index in [4.69, 9.17) is 0 Å². The first-order chi connectivity index (χ1) is 24.1. The summed E-state index contributed by atoms with van der Waals surface area (Å²) in [5, 5.41) is 1.18. The van der Waals surface area contributed by atoms with Crippen molar-refractivity contribution in [1.29, 1.82) is 0 Å². The van der Waals surface area contributed by atoms with Crippen LogP contribution in [-0.2, 0) is 25.0 Å². The van der Waals surface area contributed by atoms with E-state index in [1.165, 1.54) is 5.32 Å². The van der Waals surface area contributed by atoms with Crippen molar-refractivity contribution in [2.45, 2.75) is 79.2 Å². The Kier molecular flexibility index (Phi) is 12.4. The van der Waals surface area contributed by atoms with Crippen molar-refractivity contribution in [2.24, 2.45) is 9.98 Å². The monoisotopic (exact) mass is 857 g/mol. The molecule has 8 nitrogen and oxygen atoms in total. The minimum Gasteiger partial charge on any atom is -0.445 e. The predicted octanol–water partition coefficient (Wildman–Crippen LogP) is 8.55. The number of esters is 1. The van der Waals surface area contributed by atoms with Crippen LogP contribution in [0.4, 0.5) is 112 Å². The fourth-order valence-electron chi connectivity index (χ4n) is 3.86. The van der Waals surface area contributed by atoms with Gasteiger partial charge in [-0.15, -0.1) is 0 Å². The van der Waals surface area contributed by atoms with E-state index < -0.39 is 112 Å². The van der Waals surface area contributed by atoms with Crippen LogP contribution >= 0.6 is 0 Å². The van der Waals surface area contributed by atoms with Gasteiger partial charge in [-0.3, -0.25) is 9.59 Å². The number of hydrogen-bond acceptors (Lipinski definition) is 7. The molecule has 0 radical (unpaired) electrons. The highest BCUT2D eigenvalue weighted by Gasteiger charge is 2.99. The van der Waals surface area contributed by atoms with Crippen molar-refractivity contribution in [3.8, 4) is 0 Å². The molecule has 312 valence electrons. The van der Waals surface area contributed by atoms with E-state index in [2.05, 4.69) is 14.7 Å². The van der Waals surface area contributed by atoms with Gasteiger partial charge in [-0.1, -0.05) is 0 Å². The second-order valence-corrected chi connectivity index (χ2v) is 10.2. The summed E-state index contributed by atoms with van der Waals surface area (Å²) in [6.07, 6.45) is -7.56. The number of rotatable bonds is 15. The number of halogens is 23. The van der Waals surface area contributed by atoms with E-state index in [9.17, 15) is 103 Å². The van der Waals surface area contributed by atoms with E-state index in [1.807, 2.05) is 0 Å². The Bertz CT molecular complexity index is 1780. The van der Waals surface area contributed by atoms with E-state index in [1.54, 1.807) is 0 Å². The van der Waals surface area contributed by atoms with Crippen molar-refractivity contribution in [3.05, 3.63) is 22.8 Å². The number of aliphatic imine (C=N–C) groups is 2. The van der Waals surface area contributed by atoms with Gasteiger partial charge in [0.2, 0.25) is 12.2 Å². The molecule has 0 atom stereocenters. The van der Waals surface area contributed by atoms with Crippen molar-refractivity contribution < 1.29 is 125 Å². The summed E-state index contributed by atoms with van der Waals surface area (Å²) < 4.78 is 325. The molecule has 0 aromatic heterocycles. The molecule has 0 fully saturated rings. The summed E-state index contributed by atoms with van der Waals surface area (Å²) >= 11 is 0. The predicted molar refractivity (Wildman–Crippen MR) is 125 cm³/mol. The van der Waals surface area contributed by atoms with Crippen molar-refractivity contribution >= 4 is 35.4 Å². The highest BCUT2D eigenvalue weighted by molar-refractivity contribution is 6.03. The lowest BCUT2D eigenvalue weighted by Gasteiger charge is -2.45. The van der Waals surface area contributed by atoms with Crippen LogP contribution in [0.5, 0.6) is 0 Å². The lowest BCUT2D eigenvalue weighted by atomic mass is 9.83. The first-order valence-corrected chi connectivity index (χ1v) is 12.7. The second-order valence-electron chi connectivity index (χ2n) is 10.2. The number of carbonyl (C=O) groups is 2. The molecule has 1 aromatic carbocycles. The zero-order valence-corrected chi connectivity index (χ0v) is 25.4. The molecule has 1 aromatic rings. The maximum absolute atomic E-state index is 15.5. The molecule has 0 aliphatic rings. The molecular formula is C24H10F23N3O5. The third-order valence-electron chi connectivity index (χ3n) is 6.75. The summed E-state index contributed by atoms with van der Waals surface area (Å²) in [4.78, 5) is 50.0. The molecule has 0 bridgehead atoms. The highest BCUT2D eigenvalue weighted by atomic mass is 19.4. The van der Waals surface area contributed by atoms with Crippen molar-refractivity contribution in [3.63, 3.8) is 0 Å². The number of isocyanates is 2. The minimum absolute atomic E-state index is 0.220. The molecule has 0 aliphatic heterocycles. The maximum Gasteiger partial charge on any atom is 0.460 e. The van der Waals surface area contributed by atoms with Gasteiger partial charge in [0.15, 0.2) is 6.73 Å². The number of nitrogens with zero attached hydrogens (tertiary/aromatic N) is 2. The molecule has 1 rings (SSSR count). The normalized spacial score (nSPS) is 14.5. The number of benzene rings is 1. The van der Waals surface area contributed by atoms with E-state index in [-0.39, 0.29) is 12.1 Å². The Morgan fingerprint density at radius 3 is 1.27 bits per heavy atom. The number of aryl methyl sites for hydroxylation is 1. The van der Waals surface area contributed by atoms with Crippen LogP contribution in [0.15, 0.2) is 16.1 Å². The van der Waals surface area contributed by atoms with Crippen LogP contribution in [0.2, 0.25) is 0 Å². The van der Waals surface area contributed by atoms with Crippen molar-refractivity contribution in [1.82, 2.24) is 5.32 Å². The molecule has 0 spiro atoms. The van der Waals surface area contributed by atoms with Gasteiger partial charge in [-0.2, -0.15) is 111 Å². The quantitative estimate of drug-likeness (QED) is 0.0625. The molecule has 1 amide bonds. The molecule has 0 saturated heterocycles. The average molecular weight is 857 g/mol. The summed E-state index contributed by atoms with van der Waals surface area (Å²) in [5.74, 6) is -95.2. The van der Waals surface area contributed by atoms with Crippen LogP contribution in [0, 0.1) is 6.92 Å². The highest BCUT2D eigenvalue weighted by Crippen LogP contribution is 2.68. The smallest absolute Gasteiger partial charge is 0.445 e. The van der Waals surface area contributed by atoms with Gasteiger partial charge < -0.3 is 10.1 Å². The molecule has 0 saturated carbocycles. The van der Waals surface area contributed by atoms with Gasteiger partial charge in [0, 0.05) is 6.92 Å². The maximum atomic E-state index is 15.5. The Labute approximate surface area is 285 Å². The molecular weight excluding hydrogens is 847 g/mol. The summed E-state index contributed by atoms with van der Waals surface area (Å²) in [5.41, 5.74) is -11.1. The first-order valence-electron chi connectivity index (χ1n) is 12.7. The number of amides is 1. The summed E-state index contributed by atoms with van der Waals surface area (Å²) in [6, 6.07) is -0.248. The number of alkyl halides is 23. The van der Waals surface area contributed by atoms with Crippen LogP contribution < -0.4 is 5.32 Å². The Morgan fingerprint density at radius 1 is 0.600 bits per heavy atom. The van der Waals surface area contributed by atoms with Gasteiger partial charge in [-0.05, 0) is 18.6 Å². The van der Waals surface area contributed by atoms with Crippen LogP contribution in [-0.4, -0.2) is 90.2 Å². The SMILES string of the molecule is CC(=O)OCNC(=O)c1c(N=C=O)c(C)cc(N=C=O)c1C(F)(F)C(F)(F)C(F)(F)C(F)(F)C(F)(F)C(F)(F)C(F)(F)C(F)(F)C(F)(F)C(F)(F)C(F)(F)F. The third-order valence-corrected chi connectivity index (χ3v) is 6.75. The Hall–Kier alpha value is -4.69. The standard InChI is InChI=1S/C24H10F23N3O5/c1-7-3-9(48-4-51)11(10(12(7)49-5-52)13(54)50-6-55-8(2)53)14(25,26)15(27,28)16(29,30)17(31,32)18(33,34)19(35,36)20(37,38)21(39,40)22(41,42)23(43,44)24(45,46)47/h3H,6H2,1-2H3,(H,50,54). The second kappa shape index (κ2) is 14.1. The average Bonchev–Trinajstić information content (AvgIpc) is 3.00. The Morgan fingerprint density at radius 2 is 0.945 bits per heavy atom. The van der Waals surface area contributed by atoms with E-state index in [0.717, 1.165) is 0 Å². The molecule has 0 aliphatic carbocycles. The zero-order chi connectivity index (χ0) is 44.2. The van der Waals surface area contributed by atoms with Gasteiger partial charge >= 0.3 is 71.4 Å². The zero-order valence-electron chi connectivity index (χ0n) is 25.4. The topological polar surface area (TPSA) is 114 Å². The largest absolute Gasteiger partial charge is 0.460 e. The number of hydrogen-bond donors (Lipinski definition) is 1. The van der Waals surface area contributed by atoms with Crippen LogP contribution in [0.1, 0.15) is 28.4 Å². The van der Waals surface area contributed by atoms with Gasteiger partial charge in [-0.25, -0.2) is 9.59 Å². The van der Waals surface area contributed by atoms with Gasteiger partial charge in [0.1, 0.15) is 0 Å². The third kappa shape index (κ3) is 6.81. The first kappa shape index (κ1) is 48.3. The summed E-state index contributed by atoms with van der Waals surface area (Å²) in [7, 11) is 0. The lowest BCUT2D eigenvalue weighted by molar-refractivity contribution is -0.479.